The molecule has 2 rings (SSSR count). The fourth-order valence-corrected chi connectivity index (χ4v) is 2.19. The summed E-state index contributed by atoms with van der Waals surface area (Å²) in [6, 6.07) is 10.0. The van der Waals surface area contributed by atoms with Crippen molar-refractivity contribution in [1.82, 2.24) is 5.32 Å². The van der Waals surface area contributed by atoms with E-state index in [0.717, 1.165) is 0 Å². The SMILES string of the molecule is COCCNC(=O)c1ccc(Cl)cc1NC(=O)c1ccccc1F. The van der Waals surface area contributed by atoms with Gasteiger partial charge in [-0.05, 0) is 30.3 Å². The fraction of sp³-hybridized carbons (Fsp3) is 0.176. The average Bonchev–Trinajstić information content (AvgIpc) is 2.55. The molecule has 2 amide bonds. The highest BCUT2D eigenvalue weighted by Crippen LogP contribution is 2.22. The summed E-state index contributed by atoms with van der Waals surface area (Å²) in [5, 5.41) is 5.52. The van der Waals surface area contributed by atoms with Crippen LogP contribution in [0.3, 0.4) is 0 Å². The quantitative estimate of drug-likeness (QED) is 0.787. The van der Waals surface area contributed by atoms with E-state index in [1.54, 1.807) is 6.07 Å². The fourth-order valence-electron chi connectivity index (χ4n) is 2.01. The van der Waals surface area contributed by atoms with Crippen molar-refractivity contribution in [3.8, 4) is 0 Å². The molecule has 2 aromatic carbocycles. The molecule has 0 atom stereocenters. The van der Waals surface area contributed by atoms with Crippen LogP contribution >= 0.6 is 11.6 Å². The van der Waals surface area contributed by atoms with E-state index in [1.807, 2.05) is 0 Å². The number of amides is 2. The average molecular weight is 351 g/mol. The van der Waals surface area contributed by atoms with E-state index in [9.17, 15) is 14.0 Å². The lowest BCUT2D eigenvalue weighted by Crippen LogP contribution is -2.28. The van der Waals surface area contributed by atoms with Crippen molar-refractivity contribution in [1.29, 1.82) is 0 Å². The molecular weight excluding hydrogens is 335 g/mol. The van der Waals surface area contributed by atoms with Gasteiger partial charge >= 0.3 is 0 Å². The number of carbonyl (C=O) groups excluding carboxylic acids is 2. The Labute approximate surface area is 143 Å². The Morgan fingerprint density at radius 3 is 2.58 bits per heavy atom. The van der Waals surface area contributed by atoms with Crippen LogP contribution in [0.2, 0.25) is 5.02 Å². The Morgan fingerprint density at radius 1 is 1.12 bits per heavy atom. The van der Waals surface area contributed by atoms with E-state index in [2.05, 4.69) is 10.6 Å². The van der Waals surface area contributed by atoms with Crippen LogP contribution in [0.1, 0.15) is 20.7 Å². The van der Waals surface area contributed by atoms with E-state index in [0.29, 0.717) is 18.2 Å². The number of nitrogens with one attached hydrogen (secondary N) is 2. The van der Waals surface area contributed by atoms with Gasteiger partial charge < -0.3 is 15.4 Å². The molecule has 0 fully saturated rings. The summed E-state index contributed by atoms with van der Waals surface area (Å²) in [6.07, 6.45) is 0. The Kier molecular flexibility index (Phi) is 6.28. The Balaban J connectivity index is 2.23. The Bertz CT molecular complexity index is 752. The number of halogens is 2. The number of ether oxygens (including phenoxy) is 1. The highest BCUT2D eigenvalue weighted by Gasteiger charge is 2.16. The summed E-state index contributed by atoms with van der Waals surface area (Å²) < 4.78 is 18.6. The smallest absolute Gasteiger partial charge is 0.258 e. The molecule has 0 heterocycles. The normalized spacial score (nSPS) is 10.3. The van der Waals surface area contributed by atoms with Crippen molar-refractivity contribution in [2.75, 3.05) is 25.6 Å². The monoisotopic (exact) mass is 350 g/mol. The molecule has 0 aromatic heterocycles. The van der Waals surface area contributed by atoms with Gasteiger partial charge in [0.2, 0.25) is 0 Å². The maximum absolute atomic E-state index is 13.7. The summed E-state index contributed by atoms with van der Waals surface area (Å²) >= 11 is 5.93. The lowest BCUT2D eigenvalue weighted by atomic mass is 10.1. The van der Waals surface area contributed by atoms with Crippen LogP contribution in [0.4, 0.5) is 10.1 Å². The number of hydrogen-bond acceptors (Lipinski definition) is 3. The van der Waals surface area contributed by atoms with Gasteiger partial charge in [0.25, 0.3) is 11.8 Å². The third kappa shape index (κ3) is 4.53. The third-order valence-corrected chi connectivity index (χ3v) is 3.42. The molecule has 5 nitrogen and oxygen atoms in total. The molecule has 0 unspecified atom stereocenters. The van der Waals surface area contributed by atoms with Crippen molar-refractivity contribution in [2.45, 2.75) is 0 Å². The number of anilines is 1. The second-order valence-electron chi connectivity index (χ2n) is 4.87. The van der Waals surface area contributed by atoms with E-state index in [-0.39, 0.29) is 16.8 Å². The molecule has 0 aliphatic rings. The van der Waals surface area contributed by atoms with Crippen molar-refractivity contribution in [3.63, 3.8) is 0 Å². The minimum Gasteiger partial charge on any atom is -0.383 e. The van der Waals surface area contributed by atoms with E-state index < -0.39 is 17.6 Å². The minimum atomic E-state index is -0.665. The first kappa shape index (κ1) is 17.9. The first-order chi connectivity index (χ1) is 11.5. The molecule has 126 valence electrons. The summed E-state index contributed by atoms with van der Waals surface area (Å²) in [5.41, 5.74) is 0.300. The van der Waals surface area contributed by atoms with Crippen molar-refractivity contribution < 1.29 is 18.7 Å². The van der Waals surface area contributed by atoms with Gasteiger partial charge in [-0.2, -0.15) is 0 Å². The first-order valence-electron chi connectivity index (χ1n) is 7.15. The summed E-state index contributed by atoms with van der Waals surface area (Å²) in [6.45, 7) is 0.676. The van der Waals surface area contributed by atoms with Crippen LogP contribution in [-0.2, 0) is 4.74 Å². The van der Waals surface area contributed by atoms with Crippen LogP contribution in [0.15, 0.2) is 42.5 Å². The Morgan fingerprint density at radius 2 is 1.88 bits per heavy atom. The van der Waals surface area contributed by atoms with E-state index in [4.69, 9.17) is 16.3 Å². The van der Waals surface area contributed by atoms with Crippen molar-refractivity contribution in [2.24, 2.45) is 0 Å². The lowest BCUT2D eigenvalue weighted by Gasteiger charge is -2.12. The van der Waals surface area contributed by atoms with E-state index >= 15 is 0 Å². The number of rotatable bonds is 6. The van der Waals surface area contributed by atoms with Crippen LogP contribution in [0, 0.1) is 5.82 Å². The molecule has 0 bridgehead atoms. The van der Waals surface area contributed by atoms with Gasteiger partial charge in [0, 0.05) is 18.7 Å². The molecule has 2 aromatic rings. The maximum atomic E-state index is 13.7. The zero-order valence-electron chi connectivity index (χ0n) is 12.9. The zero-order valence-corrected chi connectivity index (χ0v) is 13.7. The highest BCUT2D eigenvalue weighted by atomic mass is 35.5. The standard InChI is InChI=1S/C17H16ClFN2O3/c1-24-9-8-20-16(22)13-7-6-11(18)10-15(13)21-17(23)12-4-2-3-5-14(12)19/h2-7,10H,8-9H2,1H3,(H,20,22)(H,21,23). The van der Waals surface area contributed by atoms with Crippen molar-refractivity contribution >= 4 is 29.1 Å². The molecular formula is C17H16ClFN2O3. The van der Waals surface area contributed by atoms with Gasteiger partial charge in [-0.25, -0.2) is 4.39 Å². The van der Waals surface area contributed by atoms with Gasteiger partial charge in [-0.3, -0.25) is 9.59 Å². The van der Waals surface area contributed by atoms with E-state index in [1.165, 1.54) is 43.5 Å². The van der Waals surface area contributed by atoms with Crippen molar-refractivity contribution in [3.05, 3.63) is 64.4 Å². The van der Waals surface area contributed by atoms with Crippen LogP contribution in [-0.4, -0.2) is 32.1 Å². The van der Waals surface area contributed by atoms with Gasteiger partial charge in [-0.15, -0.1) is 0 Å². The molecule has 0 radical (unpaired) electrons. The zero-order chi connectivity index (χ0) is 17.5. The van der Waals surface area contributed by atoms with Gasteiger partial charge in [0.15, 0.2) is 0 Å². The number of benzene rings is 2. The van der Waals surface area contributed by atoms with Crippen LogP contribution in [0.5, 0.6) is 0 Å². The molecule has 7 heteroatoms. The predicted octanol–water partition coefficient (Wildman–Crippen LogP) is 3.11. The molecule has 0 saturated carbocycles. The Hall–Kier alpha value is -2.44. The molecule has 0 aliphatic carbocycles. The first-order valence-corrected chi connectivity index (χ1v) is 7.53. The number of hydrogen-bond donors (Lipinski definition) is 2. The second kappa shape index (κ2) is 8.42. The van der Waals surface area contributed by atoms with Crippen LogP contribution in [0.25, 0.3) is 0 Å². The lowest BCUT2D eigenvalue weighted by molar-refractivity contribution is 0.0938. The molecule has 0 spiro atoms. The molecule has 0 aliphatic heterocycles. The largest absolute Gasteiger partial charge is 0.383 e. The maximum Gasteiger partial charge on any atom is 0.258 e. The minimum absolute atomic E-state index is 0.122. The summed E-state index contributed by atoms with van der Waals surface area (Å²) in [7, 11) is 1.52. The number of carbonyl (C=O) groups is 2. The topological polar surface area (TPSA) is 67.4 Å². The van der Waals surface area contributed by atoms with Crippen LogP contribution < -0.4 is 10.6 Å². The van der Waals surface area contributed by atoms with Gasteiger partial charge in [0.1, 0.15) is 5.82 Å². The summed E-state index contributed by atoms with van der Waals surface area (Å²) in [5.74, 6) is -1.71. The second-order valence-corrected chi connectivity index (χ2v) is 5.31. The molecule has 2 N–H and O–H groups in total. The van der Waals surface area contributed by atoms with Gasteiger partial charge in [-0.1, -0.05) is 23.7 Å². The number of methoxy groups -OCH3 is 1. The molecule has 24 heavy (non-hydrogen) atoms. The third-order valence-electron chi connectivity index (χ3n) is 3.18. The summed E-state index contributed by atoms with van der Waals surface area (Å²) in [4.78, 5) is 24.4. The highest BCUT2D eigenvalue weighted by molar-refractivity contribution is 6.31. The van der Waals surface area contributed by atoms with Gasteiger partial charge in [0.05, 0.1) is 23.4 Å². The predicted molar refractivity (Wildman–Crippen MR) is 90.0 cm³/mol. The molecule has 0 saturated heterocycles.